The Morgan fingerprint density at radius 3 is 2.49 bits per heavy atom. The zero-order chi connectivity index (χ0) is 25.5. The average Bonchev–Trinajstić information content (AvgIpc) is 3.51. The topological polar surface area (TPSA) is 40.5 Å². The van der Waals surface area contributed by atoms with Crippen LogP contribution in [-0.4, -0.2) is 29.6 Å². The van der Waals surface area contributed by atoms with E-state index in [9.17, 15) is 4.79 Å². The van der Waals surface area contributed by atoms with Gasteiger partial charge in [0.25, 0.3) is 0 Å². The number of hydrogen-bond donors (Lipinski definition) is 1. The fraction of sp³-hybridized carbons (Fsp3) is 0.323. The Morgan fingerprint density at radius 2 is 1.76 bits per heavy atom. The number of rotatable bonds is 4. The molecule has 2 aromatic heterocycles. The lowest BCUT2D eigenvalue weighted by Crippen LogP contribution is -2.38. The van der Waals surface area contributed by atoms with Gasteiger partial charge in [-0.1, -0.05) is 31.2 Å². The summed E-state index contributed by atoms with van der Waals surface area (Å²) in [7, 11) is 4.10. The molecular weight excluding hydrogens is 476 g/mol. The standard InChI is InChI=1S/C31H34N4OS/c1-4-21-11-15-23(16-12-21)32-31(36)35-20-26-25-8-5-6-10-28(25)37-30(26)34-19-7-9-27(34)29(35)22-13-17-24(18-14-22)33(2)3/h7,9,11-19,29H,4-6,8,10,20H2,1-3H3,(H,32,36)/t29-/m0/s1. The van der Waals surface area contributed by atoms with Crippen molar-refractivity contribution >= 4 is 28.7 Å². The summed E-state index contributed by atoms with van der Waals surface area (Å²) in [5.41, 5.74) is 8.28. The van der Waals surface area contributed by atoms with Crippen molar-refractivity contribution < 1.29 is 4.79 Å². The summed E-state index contributed by atoms with van der Waals surface area (Å²) in [6.07, 6.45) is 7.88. The fourth-order valence-corrected chi connectivity index (χ4v) is 7.12. The summed E-state index contributed by atoms with van der Waals surface area (Å²) >= 11 is 1.92. The quantitative estimate of drug-likeness (QED) is 0.316. The molecule has 1 N–H and O–H groups in total. The molecule has 2 amide bonds. The van der Waals surface area contributed by atoms with Crippen molar-refractivity contribution in [3.8, 4) is 5.00 Å². The second kappa shape index (κ2) is 9.75. The number of urea groups is 1. The van der Waals surface area contributed by atoms with E-state index < -0.39 is 0 Å². The van der Waals surface area contributed by atoms with E-state index in [1.165, 1.54) is 39.4 Å². The van der Waals surface area contributed by atoms with E-state index in [1.54, 1.807) is 0 Å². The molecule has 1 aliphatic carbocycles. The minimum absolute atomic E-state index is 0.0673. The molecular formula is C31H34N4OS. The Balaban J connectivity index is 1.46. The Kier molecular flexibility index (Phi) is 6.29. The van der Waals surface area contributed by atoms with Gasteiger partial charge in [-0.3, -0.25) is 0 Å². The van der Waals surface area contributed by atoms with Crippen molar-refractivity contribution in [3.05, 3.63) is 99.7 Å². The first-order valence-corrected chi connectivity index (χ1v) is 14.1. The number of benzene rings is 2. The van der Waals surface area contributed by atoms with Crippen LogP contribution in [0.2, 0.25) is 0 Å². The maximum absolute atomic E-state index is 14.1. The van der Waals surface area contributed by atoms with E-state index in [2.05, 4.69) is 90.5 Å². The molecule has 1 aliphatic heterocycles. The van der Waals surface area contributed by atoms with Crippen LogP contribution < -0.4 is 10.2 Å². The molecule has 2 aromatic carbocycles. The maximum atomic E-state index is 14.1. The number of thiophene rings is 1. The maximum Gasteiger partial charge on any atom is 0.322 e. The summed E-state index contributed by atoms with van der Waals surface area (Å²) in [4.78, 5) is 19.7. The van der Waals surface area contributed by atoms with Gasteiger partial charge in [0.05, 0.1) is 18.3 Å². The van der Waals surface area contributed by atoms with Crippen LogP contribution >= 0.6 is 11.3 Å². The minimum atomic E-state index is -0.194. The zero-order valence-corrected chi connectivity index (χ0v) is 22.6. The first kappa shape index (κ1) is 23.9. The Hall–Kier alpha value is -3.51. The van der Waals surface area contributed by atoms with Crippen molar-refractivity contribution in [2.24, 2.45) is 0 Å². The highest BCUT2D eigenvalue weighted by Crippen LogP contribution is 2.44. The second-order valence-corrected chi connectivity index (χ2v) is 11.4. The Bertz CT molecular complexity index is 1410. The third-order valence-corrected chi connectivity index (χ3v) is 9.11. The summed E-state index contributed by atoms with van der Waals surface area (Å²) in [5.74, 6) is 0. The first-order chi connectivity index (χ1) is 18.0. The van der Waals surface area contributed by atoms with Crippen molar-refractivity contribution in [1.29, 1.82) is 0 Å². The number of amides is 2. The Morgan fingerprint density at radius 1 is 1.00 bits per heavy atom. The fourth-order valence-electron chi connectivity index (χ4n) is 5.71. The van der Waals surface area contributed by atoms with Crippen LogP contribution in [-0.2, 0) is 25.8 Å². The van der Waals surface area contributed by atoms with Crippen LogP contribution in [0.4, 0.5) is 16.2 Å². The van der Waals surface area contributed by atoms with Crippen LogP contribution in [0.1, 0.15) is 58.6 Å². The lowest BCUT2D eigenvalue weighted by atomic mass is 9.95. The van der Waals surface area contributed by atoms with Crippen LogP contribution in [0.25, 0.3) is 5.00 Å². The molecule has 0 unspecified atom stereocenters. The number of anilines is 2. The number of carbonyl (C=O) groups is 1. The van der Waals surface area contributed by atoms with Gasteiger partial charge in [0, 0.05) is 42.1 Å². The molecule has 0 saturated heterocycles. The lowest BCUT2D eigenvalue weighted by molar-refractivity contribution is 0.194. The van der Waals surface area contributed by atoms with Gasteiger partial charge in [0.15, 0.2) is 0 Å². The number of carbonyl (C=O) groups excluding carboxylic acids is 1. The summed E-state index contributed by atoms with van der Waals surface area (Å²) < 4.78 is 2.34. The van der Waals surface area contributed by atoms with Gasteiger partial charge in [-0.15, -0.1) is 11.3 Å². The lowest BCUT2D eigenvalue weighted by Gasteiger charge is -2.31. The summed E-state index contributed by atoms with van der Waals surface area (Å²) in [6, 6.07) is 20.9. The van der Waals surface area contributed by atoms with Gasteiger partial charge in [0.1, 0.15) is 5.00 Å². The third-order valence-electron chi connectivity index (χ3n) is 7.78. The molecule has 0 spiro atoms. The number of hydrogen-bond acceptors (Lipinski definition) is 3. The van der Waals surface area contributed by atoms with E-state index in [4.69, 9.17) is 0 Å². The molecule has 0 saturated carbocycles. The molecule has 0 fully saturated rings. The molecule has 37 heavy (non-hydrogen) atoms. The zero-order valence-electron chi connectivity index (χ0n) is 21.8. The highest BCUT2D eigenvalue weighted by Gasteiger charge is 2.36. The summed E-state index contributed by atoms with van der Waals surface area (Å²) in [5, 5.41) is 4.50. The van der Waals surface area contributed by atoms with Gasteiger partial charge >= 0.3 is 6.03 Å². The number of nitrogens with one attached hydrogen (secondary N) is 1. The van der Waals surface area contributed by atoms with E-state index >= 15 is 0 Å². The summed E-state index contributed by atoms with van der Waals surface area (Å²) in [6.45, 7) is 2.74. The highest BCUT2D eigenvalue weighted by molar-refractivity contribution is 7.15. The van der Waals surface area contributed by atoms with Crippen LogP contribution in [0.15, 0.2) is 66.9 Å². The highest BCUT2D eigenvalue weighted by atomic mass is 32.1. The molecule has 190 valence electrons. The van der Waals surface area contributed by atoms with Crippen molar-refractivity contribution in [3.63, 3.8) is 0 Å². The molecule has 5 nitrogen and oxygen atoms in total. The molecule has 1 atom stereocenters. The SMILES string of the molecule is CCc1ccc(NC(=O)N2Cc3c(sc4c3CCCC4)-n3cccc3[C@@H]2c2ccc(N(C)C)cc2)cc1. The molecule has 6 rings (SSSR count). The van der Waals surface area contributed by atoms with Gasteiger partial charge < -0.3 is 19.7 Å². The molecule has 4 aromatic rings. The van der Waals surface area contributed by atoms with E-state index in [0.717, 1.165) is 41.9 Å². The van der Waals surface area contributed by atoms with E-state index in [-0.39, 0.29) is 12.1 Å². The Labute approximate surface area is 223 Å². The third kappa shape index (κ3) is 4.33. The van der Waals surface area contributed by atoms with E-state index in [1.807, 2.05) is 28.4 Å². The van der Waals surface area contributed by atoms with Gasteiger partial charge in [0.2, 0.25) is 0 Å². The minimum Gasteiger partial charge on any atom is -0.378 e. The van der Waals surface area contributed by atoms with Gasteiger partial charge in [-0.2, -0.15) is 0 Å². The molecule has 6 heteroatoms. The number of nitrogens with zero attached hydrogens (tertiary/aromatic N) is 3. The average molecular weight is 511 g/mol. The van der Waals surface area contributed by atoms with Crippen molar-refractivity contribution in [2.45, 2.75) is 51.6 Å². The largest absolute Gasteiger partial charge is 0.378 e. The smallest absolute Gasteiger partial charge is 0.322 e. The van der Waals surface area contributed by atoms with Gasteiger partial charge in [-0.25, -0.2) is 4.79 Å². The predicted molar refractivity (Wildman–Crippen MR) is 153 cm³/mol. The monoisotopic (exact) mass is 510 g/mol. The number of fused-ring (bicyclic) bond motifs is 5. The number of aromatic nitrogens is 1. The molecule has 0 bridgehead atoms. The number of aryl methyl sites for hydroxylation is 2. The van der Waals surface area contributed by atoms with Crippen LogP contribution in [0.5, 0.6) is 0 Å². The van der Waals surface area contributed by atoms with Gasteiger partial charge in [-0.05, 0) is 85.2 Å². The normalized spacial score (nSPS) is 16.4. The first-order valence-electron chi connectivity index (χ1n) is 13.3. The van der Waals surface area contributed by atoms with Crippen LogP contribution in [0.3, 0.4) is 0 Å². The van der Waals surface area contributed by atoms with Crippen molar-refractivity contribution in [1.82, 2.24) is 9.47 Å². The van der Waals surface area contributed by atoms with Crippen molar-refractivity contribution in [2.75, 3.05) is 24.3 Å². The van der Waals surface area contributed by atoms with E-state index in [0.29, 0.717) is 6.54 Å². The second-order valence-electron chi connectivity index (χ2n) is 10.3. The predicted octanol–water partition coefficient (Wildman–Crippen LogP) is 7.18. The van der Waals surface area contributed by atoms with Crippen LogP contribution in [0, 0.1) is 0 Å². The molecule has 2 aliphatic rings. The molecule has 0 radical (unpaired) electrons. The molecule has 3 heterocycles.